The lowest BCUT2D eigenvalue weighted by Gasteiger charge is -2.23. The van der Waals surface area contributed by atoms with Crippen LogP contribution in [0.3, 0.4) is 0 Å². The average molecular weight is 442 g/mol. The van der Waals surface area contributed by atoms with Gasteiger partial charge >= 0.3 is 5.24 Å². The number of rotatable bonds is 9. The summed E-state index contributed by atoms with van der Waals surface area (Å²) in [5, 5.41) is 8.83. The van der Waals surface area contributed by atoms with Gasteiger partial charge in [-0.15, -0.1) is 0 Å². The molecule has 0 saturated heterocycles. The molecule has 2 aromatic carbocycles. The van der Waals surface area contributed by atoms with Crippen molar-refractivity contribution in [1.82, 2.24) is 5.01 Å². The van der Waals surface area contributed by atoms with E-state index in [0.29, 0.717) is 36.8 Å². The molecule has 164 valence electrons. The van der Waals surface area contributed by atoms with Gasteiger partial charge in [-0.2, -0.15) is 5.10 Å². The van der Waals surface area contributed by atoms with Crippen molar-refractivity contribution in [2.24, 2.45) is 5.10 Å². The van der Waals surface area contributed by atoms with Crippen molar-refractivity contribution in [2.45, 2.75) is 33.2 Å². The van der Waals surface area contributed by atoms with Crippen molar-refractivity contribution in [2.75, 3.05) is 24.8 Å². The molecule has 2 aromatic rings. The average Bonchev–Trinajstić information content (AvgIpc) is 2.77. The first-order chi connectivity index (χ1) is 15.0. The second-order valence-electron chi connectivity index (χ2n) is 6.95. The fourth-order valence-electron chi connectivity index (χ4n) is 3.10. The molecule has 0 unspecified atom stereocenters. The molecule has 1 aliphatic heterocycles. The molecule has 1 N–H and O–H groups in total. The summed E-state index contributed by atoms with van der Waals surface area (Å²) in [7, 11) is 1.60. The highest BCUT2D eigenvalue weighted by Crippen LogP contribution is 2.30. The molecular formula is C23H27N3O4S. The molecule has 0 radical (unpaired) electrons. The molecule has 0 spiro atoms. The maximum Gasteiger partial charge on any atom is 0.302 e. The second kappa shape index (κ2) is 10.9. The van der Waals surface area contributed by atoms with E-state index < -0.39 is 0 Å². The van der Waals surface area contributed by atoms with E-state index in [1.807, 2.05) is 56.3 Å². The van der Waals surface area contributed by atoms with Crippen LogP contribution in [0.4, 0.5) is 10.5 Å². The van der Waals surface area contributed by atoms with Gasteiger partial charge < -0.3 is 14.8 Å². The SMILES string of the molecule is CCCC(=O)Nc1ccc(CN2N=C(c3ccc(OC)c(OCC)c3)CSC2=O)cc1. The van der Waals surface area contributed by atoms with Crippen LogP contribution in [0.2, 0.25) is 0 Å². The van der Waals surface area contributed by atoms with Crippen LogP contribution in [0.15, 0.2) is 47.6 Å². The Kier molecular flexibility index (Phi) is 7.94. The summed E-state index contributed by atoms with van der Waals surface area (Å²) in [6.07, 6.45) is 1.30. The van der Waals surface area contributed by atoms with Crippen LogP contribution in [-0.2, 0) is 11.3 Å². The van der Waals surface area contributed by atoms with E-state index in [-0.39, 0.29) is 11.1 Å². The van der Waals surface area contributed by atoms with Crippen molar-refractivity contribution in [3.8, 4) is 11.5 Å². The summed E-state index contributed by atoms with van der Waals surface area (Å²) < 4.78 is 11.0. The summed E-state index contributed by atoms with van der Waals surface area (Å²) in [5.41, 5.74) is 3.37. The Balaban J connectivity index is 1.74. The van der Waals surface area contributed by atoms with Crippen LogP contribution < -0.4 is 14.8 Å². The first kappa shape index (κ1) is 22.7. The zero-order valence-corrected chi connectivity index (χ0v) is 18.8. The van der Waals surface area contributed by atoms with Gasteiger partial charge in [0.15, 0.2) is 11.5 Å². The highest BCUT2D eigenvalue weighted by molar-refractivity contribution is 8.14. The maximum atomic E-state index is 12.4. The van der Waals surface area contributed by atoms with Crippen molar-refractivity contribution in [3.63, 3.8) is 0 Å². The van der Waals surface area contributed by atoms with Crippen molar-refractivity contribution in [1.29, 1.82) is 0 Å². The quantitative estimate of drug-likeness (QED) is 0.598. The number of amides is 2. The lowest BCUT2D eigenvalue weighted by atomic mass is 10.1. The van der Waals surface area contributed by atoms with Gasteiger partial charge in [-0.1, -0.05) is 30.8 Å². The topological polar surface area (TPSA) is 80.2 Å². The molecule has 0 fully saturated rings. The molecule has 8 heteroatoms. The van der Waals surface area contributed by atoms with E-state index in [2.05, 4.69) is 10.4 Å². The third-order valence-corrected chi connectivity index (χ3v) is 5.50. The molecule has 0 aromatic heterocycles. The van der Waals surface area contributed by atoms with Gasteiger partial charge in [-0.05, 0) is 49.2 Å². The molecule has 0 aliphatic carbocycles. The Morgan fingerprint density at radius 2 is 1.94 bits per heavy atom. The molecule has 1 heterocycles. The highest BCUT2D eigenvalue weighted by Gasteiger charge is 2.23. The van der Waals surface area contributed by atoms with Crippen LogP contribution in [0.1, 0.15) is 37.8 Å². The number of ether oxygens (including phenoxy) is 2. The number of carbonyl (C=O) groups excluding carboxylic acids is 2. The largest absolute Gasteiger partial charge is 0.493 e. The molecule has 0 atom stereocenters. The Hall–Kier alpha value is -3.00. The summed E-state index contributed by atoms with van der Waals surface area (Å²) in [5.74, 6) is 1.81. The van der Waals surface area contributed by atoms with Crippen LogP contribution >= 0.6 is 11.8 Å². The molecule has 2 amide bonds. The molecule has 0 bridgehead atoms. The van der Waals surface area contributed by atoms with E-state index in [1.54, 1.807) is 7.11 Å². The Bertz CT molecular complexity index is 960. The number of anilines is 1. The van der Waals surface area contributed by atoms with Gasteiger partial charge in [-0.25, -0.2) is 5.01 Å². The molecular weight excluding hydrogens is 414 g/mol. The lowest BCUT2D eigenvalue weighted by Crippen LogP contribution is -2.29. The van der Waals surface area contributed by atoms with Crippen LogP contribution in [0.25, 0.3) is 0 Å². The molecule has 1 aliphatic rings. The van der Waals surface area contributed by atoms with E-state index in [0.717, 1.165) is 28.9 Å². The van der Waals surface area contributed by atoms with E-state index in [1.165, 1.54) is 16.8 Å². The van der Waals surface area contributed by atoms with Gasteiger partial charge in [-0.3, -0.25) is 9.59 Å². The second-order valence-corrected chi connectivity index (χ2v) is 7.88. The number of nitrogens with zero attached hydrogens (tertiary/aromatic N) is 2. The van der Waals surface area contributed by atoms with E-state index in [9.17, 15) is 9.59 Å². The van der Waals surface area contributed by atoms with Crippen molar-refractivity contribution < 1.29 is 19.1 Å². The van der Waals surface area contributed by atoms with Crippen LogP contribution in [0.5, 0.6) is 11.5 Å². The monoisotopic (exact) mass is 441 g/mol. The molecule has 0 saturated carbocycles. The van der Waals surface area contributed by atoms with Crippen LogP contribution in [0, 0.1) is 0 Å². The predicted molar refractivity (Wildman–Crippen MR) is 124 cm³/mol. The molecule has 7 nitrogen and oxygen atoms in total. The minimum absolute atomic E-state index is 0.00184. The number of benzene rings is 2. The van der Waals surface area contributed by atoms with Gasteiger partial charge in [0.1, 0.15) is 0 Å². The van der Waals surface area contributed by atoms with Crippen molar-refractivity contribution in [3.05, 3.63) is 53.6 Å². The number of hydrogen-bond donors (Lipinski definition) is 1. The summed E-state index contributed by atoms with van der Waals surface area (Å²) >= 11 is 1.22. The zero-order chi connectivity index (χ0) is 22.2. The van der Waals surface area contributed by atoms with E-state index >= 15 is 0 Å². The summed E-state index contributed by atoms with van der Waals surface area (Å²) in [6.45, 7) is 4.77. The fraction of sp³-hybridized carbons (Fsp3) is 0.348. The third-order valence-electron chi connectivity index (χ3n) is 4.63. The number of hydrogen-bond acceptors (Lipinski definition) is 6. The fourth-order valence-corrected chi connectivity index (χ4v) is 3.84. The highest BCUT2D eigenvalue weighted by atomic mass is 32.2. The Morgan fingerprint density at radius 3 is 2.61 bits per heavy atom. The normalized spacial score (nSPS) is 13.6. The summed E-state index contributed by atoms with van der Waals surface area (Å²) in [4.78, 5) is 24.1. The van der Waals surface area contributed by atoms with Gasteiger partial charge in [0.25, 0.3) is 0 Å². The van der Waals surface area contributed by atoms with Gasteiger partial charge in [0.2, 0.25) is 5.91 Å². The van der Waals surface area contributed by atoms with Gasteiger partial charge in [0.05, 0.1) is 26.0 Å². The number of nitrogens with one attached hydrogen (secondary N) is 1. The Morgan fingerprint density at radius 1 is 1.16 bits per heavy atom. The standard InChI is InChI=1S/C23H27N3O4S/c1-4-6-22(27)24-18-10-7-16(8-11-18)14-26-23(28)31-15-19(25-26)17-9-12-20(29-3)21(13-17)30-5-2/h7-13H,4-6,14-15H2,1-3H3,(H,24,27). The number of carbonyl (C=O) groups is 2. The van der Waals surface area contributed by atoms with Crippen LogP contribution in [-0.4, -0.2) is 41.3 Å². The first-order valence-corrected chi connectivity index (χ1v) is 11.2. The number of thioether (sulfide) groups is 1. The number of methoxy groups -OCH3 is 1. The van der Waals surface area contributed by atoms with E-state index in [4.69, 9.17) is 9.47 Å². The summed E-state index contributed by atoms with van der Waals surface area (Å²) in [6, 6.07) is 13.1. The Labute approximate surface area is 186 Å². The minimum atomic E-state index is -0.0948. The minimum Gasteiger partial charge on any atom is -0.493 e. The molecule has 31 heavy (non-hydrogen) atoms. The lowest BCUT2D eigenvalue weighted by molar-refractivity contribution is -0.116. The maximum absolute atomic E-state index is 12.4. The first-order valence-electron chi connectivity index (χ1n) is 10.3. The zero-order valence-electron chi connectivity index (χ0n) is 18.0. The van der Waals surface area contributed by atoms with Gasteiger partial charge in [0, 0.05) is 23.4 Å². The van der Waals surface area contributed by atoms with Crippen molar-refractivity contribution >= 4 is 34.3 Å². The molecule has 3 rings (SSSR count). The predicted octanol–water partition coefficient (Wildman–Crippen LogP) is 4.91. The third kappa shape index (κ3) is 6.01. The smallest absolute Gasteiger partial charge is 0.302 e. The number of hydrazone groups is 1.